The molecule has 0 saturated heterocycles. The molecule has 21 heavy (non-hydrogen) atoms. The fourth-order valence-corrected chi connectivity index (χ4v) is 3.21. The molecule has 0 aliphatic heterocycles. The van der Waals surface area contributed by atoms with Crippen molar-refractivity contribution in [3.63, 3.8) is 0 Å². The maximum absolute atomic E-state index is 13.7. The standard InChI is InChI=1S/C13H21BrFN3O2S/c1-3-8-16-9-5-10-18(2)21(19,20)17-13-11(14)6-4-7-12(13)15/h4,6-7,16-17H,3,5,8-10H2,1-2H3. The Kier molecular flexibility index (Phi) is 7.58. The van der Waals surface area contributed by atoms with E-state index in [2.05, 4.69) is 32.9 Å². The van der Waals surface area contributed by atoms with Crippen LogP contribution in [0.2, 0.25) is 0 Å². The Hall–Kier alpha value is -0.700. The van der Waals surface area contributed by atoms with Gasteiger partial charge in [-0.05, 0) is 54.0 Å². The topological polar surface area (TPSA) is 61.4 Å². The molecule has 1 aromatic carbocycles. The Morgan fingerprint density at radius 1 is 1.33 bits per heavy atom. The van der Waals surface area contributed by atoms with Crippen molar-refractivity contribution in [1.82, 2.24) is 9.62 Å². The first-order chi connectivity index (χ1) is 9.88. The van der Waals surface area contributed by atoms with E-state index in [0.29, 0.717) is 17.4 Å². The SMILES string of the molecule is CCCNCCCN(C)S(=O)(=O)Nc1c(F)cccc1Br. The Labute approximate surface area is 134 Å². The summed E-state index contributed by atoms with van der Waals surface area (Å²) in [5.41, 5.74) is -0.0755. The minimum atomic E-state index is -3.77. The average molecular weight is 382 g/mol. The minimum Gasteiger partial charge on any atom is -0.317 e. The number of hydrogen-bond donors (Lipinski definition) is 2. The third kappa shape index (κ3) is 5.90. The molecule has 0 unspecified atom stereocenters. The molecule has 120 valence electrons. The van der Waals surface area contributed by atoms with E-state index in [0.717, 1.165) is 19.5 Å². The third-order valence-corrected chi connectivity index (χ3v) is 4.98. The van der Waals surface area contributed by atoms with Crippen LogP contribution in [0.15, 0.2) is 22.7 Å². The second-order valence-corrected chi connectivity index (χ2v) is 7.26. The highest BCUT2D eigenvalue weighted by atomic mass is 79.9. The van der Waals surface area contributed by atoms with E-state index in [9.17, 15) is 12.8 Å². The van der Waals surface area contributed by atoms with Gasteiger partial charge in [0.05, 0.1) is 5.69 Å². The van der Waals surface area contributed by atoms with Gasteiger partial charge < -0.3 is 5.32 Å². The largest absolute Gasteiger partial charge is 0.317 e. The first-order valence-corrected chi connectivity index (χ1v) is 9.00. The third-order valence-electron chi connectivity index (χ3n) is 2.86. The second kappa shape index (κ2) is 8.67. The normalized spacial score (nSPS) is 11.9. The highest BCUT2D eigenvalue weighted by Crippen LogP contribution is 2.26. The Balaban J connectivity index is 2.60. The first kappa shape index (κ1) is 18.3. The van der Waals surface area contributed by atoms with Crippen molar-refractivity contribution in [3.8, 4) is 0 Å². The molecule has 0 amide bonds. The summed E-state index contributed by atoms with van der Waals surface area (Å²) in [6.07, 6.45) is 1.73. The van der Waals surface area contributed by atoms with E-state index in [-0.39, 0.29) is 5.69 Å². The predicted molar refractivity (Wildman–Crippen MR) is 87.1 cm³/mol. The van der Waals surface area contributed by atoms with Gasteiger partial charge in [-0.3, -0.25) is 4.72 Å². The van der Waals surface area contributed by atoms with Crippen LogP contribution in [0, 0.1) is 5.82 Å². The molecule has 0 aliphatic carbocycles. The van der Waals surface area contributed by atoms with Crippen molar-refractivity contribution >= 4 is 31.8 Å². The molecule has 1 aromatic rings. The molecule has 0 bridgehead atoms. The predicted octanol–water partition coefficient (Wildman–Crippen LogP) is 2.57. The molecule has 0 spiro atoms. The molecule has 0 heterocycles. The highest BCUT2D eigenvalue weighted by molar-refractivity contribution is 9.10. The zero-order valence-corrected chi connectivity index (χ0v) is 14.6. The van der Waals surface area contributed by atoms with Crippen LogP contribution in [0.25, 0.3) is 0 Å². The molecule has 0 aliphatic rings. The van der Waals surface area contributed by atoms with Crippen LogP contribution < -0.4 is 10.0 Å². The lowest BCUT2D eigenvalue weighted by atomic mass is 10.3. The van der Waals surface area contributed by atoms with Gasteiger partial charge in [0.15, 0.2) is 0 Å². The van der Waals surface area contributed by atoms with Crippen molar-refractivity contribution in [3.05, 3.63) is 28.5 Å². The zero-order valence-electron chi connectivity index (χ0n) is 12.2. The smallest absolute Gasteiger partial charge is 0.301 e. The van der Waals surface area contributed by atoms with Gasteiger partial charge in [-0.1, -0.05) is 13.0 Å². The number of rotatable bonds is 9. The Morgan fingerprint density at radius 2 is 2.05 bits per heavy atom. The van der Waals surface area contributed by atoms with E-state index in [4.69, 9.17) is 0 Å². The highest BCUT2D eigenvalue weighted by Gasteiger charge is 2.20. The van der Waals surface area contributed by atoms with Crippen molar-refractivity contribution in [2.24, 2.45) is 0 Å². The summed E-state index contributed by atoms with van der Waals surface area (Å²) in [6.45, 7) is 4.09. The van der Waals surface area contributed by atoms with Gasteiger partial charge in [0.25, 0.3) is 0 Å². The average Bonchev–Trinajstić information content (AvgIpc) is 2.42. The van der Waals surface area contributed by atoms with Gasteiger partial charge in [0.2, 0.25) is 0 Å². The number of para-hydroxylation sites is 1. The van der Waals surface area contributed by atoms with Crippen LogP contribution in [0.5, 0.6) is 0 Å². The molecular formula is C13H21BrFN3O2S. The number of nitrogens with one attached hydrogen (secondary N) is 2. The molecule has 1 rings (SSSR count). The van der Waals surface area contributed by atoms with Crippen LogP contribution in [-0.2, 0) is 10.2 Å². The van der Waals surface area contributed by atoms with Crippen LogP contribution in [0.3, 0.4) is 0 Å². The molecule has 2 N–H and O–H groups in total. The monoisotopic (exact) mass is 381 g/mol. The molecule has 0 fully saturated rings. The van der Waals surface area contributed by atoms with Crippen molar-refractivity contribution in [2.75, 3.05) is 31.4 Å². The van der Waals surface area contributed by atoms with E-state index >= 15 is 0 Å². The molecule has 5 nitrogen and oxygen atoms in total. The summed E-state index contributed by atoms with van der Waals surface area (Å²) in [5, 5.41) is 3.20. The van der Waals surface area contributed by atoms with Crippen LogP contribution in [0.1, 0.15) is 19.8 Å². The summed E-state index contributed by atoms with van der Waals surface area (Å²) in [6, 6.07) is 4.28. The van der Waals surface area contributed by atoms with Gasteiger partial charge in [0, 0.05) is 18.1 Å². The van der Waals surface area contributed by atoms with Crippen LogP contribution >= 0.6 is 15.9 Å². The lowest BCUT2D eigenvalue weighted by Crippen LogP contribution is -2.34. The number of nitrogens with zero attached hydrogens (tertiary/aromatic N) is 1. The van der Waals surface area contributed by atoms with Crippen molar-refractivity contribution in [1.29, 1.82) is 0 Å². The maximum atomic E-state index is 13.7. The van der Waals surface area contributed by atoms with Gasteiger partial charge in [-0.25, -0.2) is 4.39 Å². The van der Waals surface area contributed by atoms with Crippen molar-refractivity contribution < 1.29 is 12.8 Å². The molecular weight excluding hydrogens is 361 g/mol. The van der Waals surface area contributed by atoms with Crippen LogP contribution in [0.4, 0.5) is 10.1 Å². The molecule has 0 atom stereocenters. The summed E-state index contributed by atoms with van der Waals surface area (Å²) < 4.78 is 41.7. The van der Waals surface area contributed by atoms with E-state index in [1.54, 1.807) is 6.07 Å². The maximum Gasteiger partial charge on any atom is 0.301 e. The number of benzene rings is 1. The number of anilines is 1. The molecule has 0 radical (unpaired) electrons. The lowest BCUT2D eigenvalue weighted by Gasteiger charge is -2.19. The number of halogens is 2. The van der Waals surface area contributed by atoms with Gasteiger partial charge in [-0.2, -0.15) is 12.7 Å². The molecule has 0 aromatic heterocycles. The summed E-state index contributed by atoms with van der Waals surface area (Å²) >= 11 is 3.13. The zero-order chi connectivity index (χ0) is 15.9. The van der Waals surface area contributed by atoms with Crippen LogP contribution in [-0.4, -0.2) is 39.4 Å². The Morgan fingerprint density at radius 3 is 2.67 bits per heavy atom. The first-order valence-electron chi connectivity index (χ1n) is 6.77. The summed E-state index contributed by atoms with van der Waals surface area (Å²) in [5.74, 6) is -0.619. The summed E-state index contributed by atoms with van der Waals surface area (Å²) in [4.78, 5) is 0. The minimum absolute atomic E-state index is 0.0755. The van der Waals surface area contributed by atoms with E-state index in [1.165, 1.54) is 23.5 Å². The lowest BCUT2D eigenvalue weighted by molar-refractivity contribution is 0.458. The van der Waals surface area contributed by atoms with Gasteiger partial charge in [0.1, 0.15) is 5.82 Å². The summed E-state index contributed by atoms with van der Waals surface area (Å²) in [7, 11) is -2.30. The van der Waals surface area contributed by atoms with E-state index < -0.39 is 16.0 Å². The Bertz CT molecular complexity index is 534. The second-order valence-electron chi connectivity index (χ2n) is 4.63. The quantitative estimate of drug-likeness (QED) is 0.646. The van der Waals surface area contributed by atoms with Gasteiger partial charge in [-0.15, -0.1) is 0 Å². The fourth-order valence-electron chi connectivity index (χ4n) is 1.65. The number of hydrogen-bond acceptors (Lipinski definition) is 3. The molecule has 0 saturated carbocycles. The molecule has 8 heteroatoms. The van der Waals surface area contributed by atoms with E-state index in [1.807, 2.05) is 0 Å². The fraction of sp³-hybridized carbons (Fsp3) is 0.538. The van der Waals surface area contributed by atoms with Gasteiger partial charge >= 0.3 is 10.2 Å². The van der Waals surface area contributed by atoms with Crippen molar-refractivity contribution in [2.45, 2.75) is 19.8 Å².